The number of halogens is 10. The number of hydrogen-bond donors (Lipinski definition) is 1. The van der Waals surface area contributed by atoms with Crippen LogP contribution in [0.15, 0.2) is 12.7 Å². The van der Waals surface area contributed by atoms with Crippen LogP contribution in [0.2, 0.25) is 0 Å². The monoisotopic (exact) mass is 378 g/mol. The van der Waals surface area contributed by atoms with Crippen molar-refractivity contribution in [1.82, 2.24) is 0 Å². The minimum atomic E-state index is -7.09. The van der Waals surface area contributed by atoms with E-state index in [0.29, 0.717) is 6.42 Å². The lowest BCUT2D eigenvalue weighted by atomic mass is 9.92. The maximum atomic E-state index is 13.3. The highest BCUT2D eigenvalue weighted by molar-refractivity contribution is 5.08. The molecule has 0 saturated heterocycles. The average Bonchev–Trinajstić information content (AvgIpc) is 2.46. The molecule has 0 rings (SSSR count). The van der Waals surface area contributed by atoms with Gasteiger partial charge in [0, 0.05) is 6.42 Å². The average molecular weight is 378 g/mol. The molecule has 0 aromatic carbocycles. The molecular formula is C13H16F10O. The van der Waals surface area contributed by atoms with Gasteiger partial charge in [-0.25, -0.2) is 0 Å². The lowest BCUT2D eigenvalue weighted by Crippen LogP contribution is -2.67. The van der Waals surface area contributed by atoms with Crippen molar-refractivity contribution in [2.24, 2.45) is 0 Å². The van der Waals surface area contributed by atoms with E-state index in [1.54, 1.807) is 0 Å². The molecule has 0 aliphatic carbocycles. The zero-order valence-electron chi connectivity index (χ0n) is 12.3. The summed E-state index contributed by atoms with van der Waals surface area (Å²) in [6.45, 7) is 0.377. The number of aliphatic hydroxyl groups is 1. The Hall–Kier alpha value is -1.00. The molecule has 0 saturated carbocycles. The Morgan fingerprint density at radius 2 is 1.12 bits per heavy atom. The first-order valence-corrected chi connectivity index (χ1v) is 6.73. The number of allylic oxidation sites excluding steroid dienone is 1. The van der Waals surface area contributed by atoms with Crippen LogP contribution in [0.4, 0.5) is 43.9 Å². The molecule has 11 heteroatoms. The molecular weight excluding hydrogens is 362 g/mol. The molecule has 0 aromatic rings. The SMILES string of the molecule is C=CCCCCCC(F)(F)C(F)(F)C(F)(F)C(F)(F)C(F)(F)CO. The first-order valence-electron chi connectivity index (χ1n) is 6.73. The summed E-state index contributed by atoms with van der Waals surface area (Å²) in [6, 6.07) is 0. The van der Waals surface area contributed by atoms with Crippen molar-refractivity contribution in [3.05, 3.63) is 12.7 Å². The summed E-state index contributed by atoms with van der Waals surface area (Å²) >= 11 is 0. The number of hydrogen-bond acceptors (Lipinski definition) is 1. The van der Waals surface area contributed by atoms with Crippen LogP contribution in [-0.4, -0.2) is 41.3 Å². The molecule has 0 heterocycles. The van der Waals surface area contributed by atoms with Crippen LogP contribution >= 0.6 is 0 Å². The van der Waals surface area contributed by atoms with Crippen LogP contribution in [0, 0.1) is 0 Å². The van der Waals surface area contributed by atoms with Gasteiger partial charge in [-0.1, -0.05) is 12.5 Å². The number of rotatable bonds is 11. The third kappa shape index (κ3) is 3.97. The fourth-order valence-corrected chi connectivity index (χ4v) is 1.73. The maximum Gasteiger partial charge on any atom is 0.384 e. The summed E-state index contributed by atoms with van der Waals surface area (Å²) in [5, 5.41) is 7.98. The van der Waals surface area contributed by atoms with Gasteiger partial charge in [-0.15, -0.1) is 6.58 Å². The Morgan fingerprint density at radius 3 is 1.54 bits per heavy atom. The van der Waals surface area contributed by atoms with E-state index in [4.69, 9.17) is 5.11 Å². The molecule has 24 heavy (non-hydrogen) atoms. The van der Waals surface area contributed by atoms with Crippen LogP contribution in [0.3, 0.4) is 0 Å². The number of aliphatic hydroxyl groups excluding tert-OH is 1. The van der Waals surface area contributed by atoms with E-state index < -0.39 is 49.1 Å². The highest BCUT2D eigenvalue weighted by Crippen LogP contribution is 2.57. The van der Waals surface area contributed by atoms with Crippen molar-refractivity contribution in [2.75, 3.05) is 6.61 Å². The Bertz CT molecular complexity index is 419. The van der Waals surface area contributed by atoms with E-state index >= 15 is 0 Å². The Morgan fingerprint density at radius 1 is 0.667 bits per heavy atom. The van der Waals surface area contributed by atoms with Gasteiger partial charge in [0.2, 0.25) is 0 Å². The highest BCUT2D eigenvalue weighted by atomic mass is 19.4. The van der Waals surface area contributed by atoms with Crippen molar-refractivity contribution >= 4 is 0 Å². The molecule has 0 unspecified atom stereocenters. The third-order valence-electron chi connectivity index (χ3n) is 3.31. The van der Waals surface area contributed by atoms with Crippen molar-refractivity contribution < 1.29 is 49.0 Å². The van der Waals surface area contributed by atoms with Gasteiger partial charge in [-0.2, -0.15) is 43.9 Å². The normalized spacial score (nSPS) is 14.8. The zero-order chi connectivity index (χ0) is 19.4. The minimum absolute atomic E-state index is 0.105. The quantitative estimate of drug-likeness (QED) is 0.294. The molecule has 0 atom stereocenters. The van der Waals surface area contributed by atoms with Gasteiger partial charge in [0.1, 0.15) is 6.61 Å². The molecule has 0 aromatic heterocycles. The van der Waals surface area contributed by atoms with E-state index in [2.05, 4.69) is 6.58 Å². The van der Waals surface area contributed by atoms with Crippen molar-refractivity contribution in [3.8, 4) is 0 Å². The largest absolute Gasteiger partial charge is 0.390 e. The molecule has 0 fully saturated rings. The van der Waals surface area contributed by atoms with E-state index in [0.717, 1.165) is 0 Å². The zero-order valence-corrected chi connectivity index (χ0v) is 12.3. The number of alkyl halides is 10. The van der Waals surface area contributed by atoms with Gasteiger partial charge in [-0.05, 0) is 19.3 Å². The second-order valence-electron chi connectivity index (χ2n) is 5.18. The van der Waals surface area contributed by atoms with Crippen molar-refractivity contribution in [2.45, 2.75) is 61.7 Å². The summed E-state index contributed by atoms with van der Waals surface area (Å²) in [5.74, 6) is -32.4. The topological polar surface area (TPSA) is 20.2 Å². The van der Waals surface area contributed by atoms with Crippen molar-refractivity contribution in [1.29, 1.82) is 0 Å². The molecule has 0 radical (unpaired) electrons. The van der Waals surface area contributed by atoms with Gasteiger partial charge in [0.25, 0.3) is 0 Å². The smallest absolute Gasteiger partial charge is 0.384 e. The molecule has 0 spiro atoms. The van der Waals surface area contributed by atoms with Crippen LogP contribution in [-0.2, 0) is 0 Å². The van der Waals surface area contributed by atoms with E-state index in [9.17, 15) is 43.9 Å². The first kappa shape index (κ1) is 23.0. The Labute approximate surface area is 131 Å². The fraction of sp³-hybridized carbons (Fsp3) is 0.846. The molecule has 1 nitrogen and oxygen atoms in total. The summed E-state index contributed by atoms with van der Waals surface area (Å²) in [5.41, 5.74) is 0. The number of unbranched alkanes of at least 4 members (excludes halogenated alkanes) is 3. The predicted molar refractivity (Wildman–Crippen MR) is 65.1 cm³/mol. The minimum Gasteiger partial charge on any atom is -0.390 e. The molecule has 0 bridgehead atoms. The molecule has 0 amide bonds. The van der Waals surface area contributed by atoms with E-state index in [-0.39, 0.29) is 12.8 Å². The summed E-state index contributed by atoms with van der Waals surface area (Å²) in [4.78, 5) is 0. The predicted octanol–water partition coefficient (Wildman–Crippen LogP) is 5.29. The summed E-state index contributed by atoms with van der Waals surface area (Å²) < 4.78 is 131. The molecule has 0 aliphatic heterocycles. The third-order valence-corrected chi connectivity index (χ3v) is 3.31. The standard InChI is InChI=1S/C13H16F10O/c1-2-3-4-5-6-7-9(14,15)11(18,19)13(22,23)12(20,21)10(16,17)8-24/h2,24H,1,3-8H2. The highest BCUT2D eigenvalue weighted by Gasteiger charge is 2.85. The van der Waals surface area contributed by atoms with Gasteiger partial charge < -0.3 is 5.11 Å². The van der Waals surface area contributed by atoms with Crippen molar-refractivity contribution in [3.63, 3.8) is 0 Å². The lowest BCUT2D eigenvalue weighted by molar-refractivity contribution is -0.404. The molecule has 144 valence electrons. The van der Waals surface area contributed by atoms with Gasteiger partial charge in [0.15, 0.2) is 0 Å². The maximum absolute atomic E-state index is 13.3. The second-order valence-corrected chi connectivity index (χ2v) is 5.18. The van der Waals surface area contributed by atoms with Crippen LogP contribution in [0.5, 0.6) is 0 Å². The summed E-state index contributed by atoms with van der Waals surface area (Å²) in [7, 11) is 0. The Kier molecular flexibility index (Phi) is 7.17. The van der Waals surface area contributed by atoms with Gasteiger partial charge in [-0.3, -0.25) is 0 Å². The molecule has 0 aliphatic rings. The second kappa shape index (κ2) is 7.49. The van der Waals surface area contributed by atoms with Crippen LogP contribution in [0.25, 0.3) is 0 Å². The summed E-state index contributed by atoms with van der Waals surface area (Å²) in [6.07, 6.45) is -0.772. The van der Waals surface area contributed by atoms with Gasteiger partial charge >= 0.3 is 29.6 Å². The van der Waals surface area contributed by atoms with E-state index in [1.807, 2.05) is 0 Å². The fourth-order valence-electron chi connectivity index (χ4n) is 1.73. The Balaban J connectivity index is 5.40. The molecule has 1 N–H and O–H groups in total. The van der Waals surface area contributed by atoms with Crippen LogP contribution < -0.4 is 0 Å². The van der Waals surface area contributed by atoms with E-state index in [1.165, 1.54) is 6.08 Å². The lowest BCUT2D eigenvalue weighted by Gasteiger charge is -2.39. The van der Waals surface area contributed by atoms with Crippen LogP contribution in [0.1, 0.15) is 32.1 Å². The van der Waals surface area contributed by atoms with Gasteiger partial charge in [0.05, 0.1) is 0 Å². The first-order chi connectivity index (χ1) is 10.6.